The molecule has 1 saturated carbocycles. The Morgan fingerprint density at radius 1 is 1.22 bits per heavy atom. The Bertz CT molecular complexity index is 373. The van der Waals surface area contributed by atoms with Crippen LogP contribution in [0.2, 0.25) is 0 Å². The van der Waals surface area contributed by atoms with Crippen molar-refractivity contribution >= 4 is 0 Å². The summed E-state index contributed by atoms with van der Waals surface area (Å²) in [4.78, 5) is 0. The van der Waals surface area contributed by atoms with E-state index < -0.39 is 0 Å². The molecule has 1 aliphatic heterocycles. The standard InChI is InChI=1S/C16H23NO/c17-11-14(12-5-1-2-6-12)10-15-9-13-7-3-4-8-16(13)18-15/h3-4,7-8,12,14-15H,1-2,5-6,9-11,17H2. The molecule has 3 rings (SSSR count). The molecule has 2 N–H and O–H groups in total. The lowest BCUT2D eigenvalue weighted by atomic mass is 9.85. The van der Waals surface area contributed by atoms with Crippen LogP contribution in [0.15, 0.2) is 24.3 Å². The molecule has 2 unspecified atom stereocenters. The van der Waals surface area contributed by atoms with Crippen molar-refractivity contribution in [2.45, 2.75) is 44.6 Å². The Kier molecular flexibility index (Phi) is 3.55. The van der Waals surface area contributed by atoms with Crippen LogP contribution < -0.4 is 10.5 Å². The first-order chi connectivity index (χ1) is 8.86. The number of ether oxygens (including phenoxy) is 1. The molecule has 1 aromatic carbocycles. The Hall–Kier alpha value is -1.02. The second-order valence-corrected chi connectivity index (χ2v) is 5.83. The highest BCUT2D eigenvalue weighted by Crippen LogP contribution is 2.36. The highest BCUT2D eigenvalue weighted by molar-refractivity contribution is 5.37. The fourth-order valence-corrected chi connectivity index (χ4v) is 3.63. The summed E-state index contributed by atoms with van der Waals surface area (Å²) in [6.45, 7) is 0.820. The van der Waals surface area contributed by atoms with Crippen molar-refractivity contribution in [3.8, 4) is 5.75 Å². The average molecular weight is 245 g/mol. The molecule has 2 aliphatic rings. The maximum Gasteiger partial charge on any atom is 0.123 e. The van der Waals surface area contributed by atoms with Gasteiger partial charge < -0.3 is 10.5 Å². The smallest absolute Gasteiger partial charge is 0.123 e. The minimum Gasteiger partial charge on any atom is -0.490 e. The first kappa shape index (κ1) is 12.0. The van der Waals surface area contributed by atoms with Gasteiger partial charge in [0.15, 0.2) is 0 Å². The van der Waals surface area contributed by atoms with Gasteiger partial charge in [-0.2, -0.15) is 0 Å². The lowest BCUT2D eigenvalue weighted by Crippen LogP contribution is -2.28. The molecule has 0 aromatic heterocycles. The van der Waals surface area contributed by atoms with E-state index in [4.69, 9.17) is 10.5 Å². The van der Waals surface area contributed by atoms with E-state index in [0.29, 0.717) is 12.0 Å². The third kappa shape index (κ3) is 2.39. The van der Waals surface area contributed by atoms with Gasteiger partial charge in [0.1, 0.15) is 11.9 Å². The molecule has 1 fully saturated rings. The van der Waals surface area contributed by atoms with E-state index >= 15 is 0 Å². The molecule has 1 aliphatic carbocycles. The first-order valence-corrected chi connectivity index (χ1v) is 7.31. The van der Waals surface area contributed by atoms with Gasteiger partial charge in [0, 0.05) is 6.42 Å². The first-order valence-electron chi connectivity index (χ1n) is 7.31. The summed E-state index contributed by atoms with van der Waals surface area (Å²) in [5, 5.41) is 0. The normalized spacial score (nSPS) is 24.8. The van der Waals surface area contributed by atoms with Crippen molar-refractivity contribution in [3.63, 3.8) is 0 Å². The van der Waals surface area contributed by atoms with Crippen LogP contribution in [0.3, 0.4) is 0 Å². The van der Waals surface area contributed by atoms with Gasteiger partial charge in [-0.15, -0.1) is 0 Å². The van der Waals surface area contributed by atoms with Crippen LogP contribution in [-0.2, 0) is 6.42 Å². The quantitative estimate of drug-likeness (QED) is 0.884. The molecule has 2 atom stereocenters. The molecule has 0 spiro atoms. The highest BCUT2D eigenvalue weighted by Gasteiger charge is 2.30. The molecule has 18 heavy (non-hydrogen) atoms. The Morgan fingerprint density at radius 3 is 2.72 bits per heavy atom. The molecule has 0 saturated heterocycles. The zero-order chi connectivity index (χ0) is 12.4. The van der Waals surface area contributed by atoms with Gasteiger partial charge in [-0.05, 0) is 36.4 Å². The zero-order valence-corrected chi connectivity index (χ0v) is 11.0. The summed E-state index contributed by atoms with van der Waals surface area (Å²) >= 11 is 0. The van der Waals surface area contributed by atoms with Crippen LogP contribution in [0.5, 0.6) is 5.75 Å². The summed E-state index contributed by atoms with van der Waals surface area (Å²) in [6, 6.07) is 8.42. The molecule has 0 amide bonds. The van der Waals surface area contributed by atoms with Crippen molar-refractivity contribution in [2.24, 2.45) is 17.6 Å². The number of hydrogen-bond donors (Lipinski definition) is 1. The van der Waals surface area contributed by atoms with E-state index in [2.05, 4.69) is 24.3 Å². The van der Waals surface area contributed by atoms with E-state index in [1.165, 1.54) is 31.2 Å². The molecule has 0 radical (unpaired) electrons. The van der Waals surface area contributed by atoms with Crippen molar-refractivity contribution in [3.05, 3.63) is 29.8 Å². The van der Waals surface area contributed by atoms with Crippen LogP contribution in [0.4, 0.5) is 0 Å². The fourth-order valence-electron chi connectivity index (χ4n) is 3.63. The summed E-state index contributed by atoms with van der Waals surface area (Å²) in [5.41, 5.74) is 7.35. The third-order valence-electron chi connectivity index (χ3n) is 4.65. The minimum absolute atomic E-state index is 0.358. The third-order valence-corrected chi connectivity index (χ3v) is 4.65. The van der Waals surface area contributed by atoms with Gasteiger partial charge in [-0.3, -0.25) is 0 Å². The molecule has 98 valence electrons. The maximum atomic E-state index is 6.04. The number of nitrogens with two attached hydrogens (primary N) is 1. The monoisotopic (exact) mass is 245 g/mol. The molecular formula is C16H23NO. The fraction of sp³-hybridized carbons (Fsp3) is 0.625. The topological polar surface area (TPSA) is 35.2 Å². The molecule has 2 heteroatoms. The zero-order valence-electron chi connectivity index (χ0n) is 11.0. The van der Waals surface area contributed by atoms with Crippen LogP contribution in [0, 0.1) is 11.8 Å². The molecule has 2 nitrogen and oxygen atoms in total. The van der Waals surface area contributed by atoms with E-state index in [-0.39, 0.29) is 0 Å². The van der Waals surface area contributed by atoms with Gasteiger partial charge in [0.05, 0.1) is 0 Å². The summed E-state index contributed by atoms with van der Waals surface area (Å²) < 4.78 is 6.04. The van der Waals surface area contributed by atoms with Crippen LogP contribution in [-0.4, -0.2) is 12.6 Å². The maximum absolute atomic E-state index is 6.04. The van der Waals surface area contributed by atoms with Crippen molar-refractivity contribution in [2.75, 3.05) is 6.54 Å². The summed E-state index contributed by atoms with van der Waals surface area (Å²) in [7, 11) is 0. The van der Waals surface area contributed by atoms with E-state index in [1.54, 1.807) is 0 Å². The van der Waals surface area contributed by atoms with E-state index in [0.717, 1.165) is 31.1 Å². The van der Waals surface area contributed by atoms with Gasteiger partial charge in [0.2, 0.25) is 0 Å². The van der Waals surface area contributed by atoms with Crippen LogP contribution in [0.1, 0.15) is 37.7 Å². The lowest BCUT2D eigenvalue weighted by molar-refractivity contribution is 0.170. The van der Waals surface area contributed by atoms with E-state index in [9.17, 15) is 0 Å². The van der Waals surface area contributed by atoms with Gasteiger partial charge in [-0.1, -0.05) is 43.9 Å². The Morgan fingerprint density at radius 2 is 2.00 bits per heavy atom. The van der Waals surface area contributed by atoms with Crippen LogP contribution in [0.25, 0.3) is 0 Å². The van der Waals surface area contributed by atoms with Crippen molar-refractivity contribution in [1.82, 2.24) is 0 Å². The molecule has 0 bridgehead atoms. The van der Waals surface area contributed by atoms with E-state index in [1.807, 2.05) is 0 Å². The summed E-state index contributed by atoms with van der Waals surface area (Å²) in [6.07, 6.45) is 8.11. The predicted octanol–water partition coefficient (Wildman–Crippen LogP) is 3.15. The number of hydrogen-bond acceptors (Lipinski definition) is 2. The molecular weight excluding hydrogens is 222 g/mol. The Balaban J connectivity index is 1.60. The number of benzene rings is 1. The van der Waals surface area contributed by atoms with Crippen LogP contribution >= 0.6 is 0 Å². The number of fused-ring (bicyclic) bond motifs is 1. The molecule has 1 heterocycles. The second kappa shape index (κ2) is 5.31. The van der Waals surface area contributed by atoms with Crippen molar-refractivity contribution in [1.29, 1.82) is 0 Å². The average Bonchev–Trinajstić information content (AvgIpc) is 3.04. The lowest BCUT2D eigenvalue weighted by Gasteiger charge is -2.24. The largest absolute Gasteiger partial charge is 0.490 e. The van der Waals surface area contributed by atoms with Crippen molar-refractivity contribution < 1.29 is 4.74 Å². The minimum atomic E-state index is 0.358. The predicted molar refractivity (Wildman–Crippen MR) is 73.7 cm³/mol. The Labute approximate surface area is 110 Å². The number of rotatable bonds is 4. The molecule has 1 aromatic rings. The van der Waals surface area contributed by atoms with Gasteiger partial charge in [-0.25, -0.2) is 0 Å². The summed E-state index contributed by atoms with van der Waals surface area (Å²) in [5.74, 6) is 2.60. The van der Waals surface area contributed by atoms with Gasteiger partial charge in [0.25, 0.3) is 0 Å². The second-order valence-electron chi connectivity index (χ2n) is 5.83. The van der Waals surface area contributed by atoms with Gasteiger partial charge >= 0.3 is 0 Å². The highest BCUT2D eigenvalue weighted by atomic mass is 16.5. The number of para-hydroxylation sites is 1. The SMILES string of the molecule is NCC(CC1Cc2ccccc2O1)C1CCCC1.